The smallest absolute Gasteiger partial charge is 0.338 e. The number of hydrogen-bond donors (Lipinski definition) is 2. The largest absolute Gasteiger partial charge is 0.462 e. The first kappa shape index (κ1) is 20.4. The SMILES string of the molecule is CCOC(=O)c1cc(Br)cc(S(=O)(=O)NC2CCCNC2)c1.Cl. The summed E-state index contributed by atoms with van der Waals surface area (Å²) in [5, 5.41) is 3.16. The van der Waals surface area contributed by atoms with E-state index in [1.807, 2.05) is 0 Å². The van der Waals surface area contributed by atoms with Gasteiger partial charge in [0.1, 0.15) is 0 Å². The minimum atomic E-state index is -3.68. The molecule has 1 aliphatic rings. The average molecular weight is 428 g/mol. The molecule has 1 unspecified atom stereocenters. The van der Waals surface area contributed by atoms with E-state index in [9.17, 15) is 13.2 Å². The summed E-state index contributed by atoms with van der Waals surface area (Å²) in [4.78, 5) is 11.8. The summed E-state index contributed by atoms with van der Waals surface area (Å²) in [5.41, 5.74) is 0.207. The Balaban J connectivity index is 0.00000264. The van der Waals surface area contributed by atoms with Crippen LogP contribution in [0.3, 0.4) is 0 Å². The van der Waals surface area contributed by atoms with Gasteiger partial charge in [0.15, 0.2) is 0 Å². The quantitative estimate of drug-likeness (QED) is 0.703. The number of carbonyl (C=O) groups is 1. The summed E-state index contributed by atoms with van der Waals surface area (Å²) < 4.78 is 33.1. The molecule has 0 aromatic heterocycles. The molecule has 1 fully saturated rings. The Bertz CT molecular complexity index is 648. The molecular formula is C14H20BrClN2O4S. The molecule has 9 heteroatoms. The zero-order chi connectivity index (χ0) is 16.2. The van der Waals surface area contributed by atoms with E-state index in [1.54, 1.807) is 13.0 Å². The Morgan fingerprint density at radius 3 is 2.78 bits per heavy atom. The van der Waals surface area contributed by atoms with Crippen LogP contribution >= 0.6 is 28.3 Å². The first-order valence-electron chi connectivity index (χ1n) is 7.13. The first-order valence-corrected chi connectivity index (χ1v) is 9.41. The molecule has 1 saturated heterocycles. The molecular weight excluding hydrogens is 408 g/mol. The van der Waals surface area contributed by atoms with Gasteiger partial charge in [-0.2, -0.15) is 0 Å². The monoisotopic (exact) mass is 426 g/mol. The first-order chi connectivity index (χ1) is 10.4. The molecule has 0 spiro atoms. The number of ether oxygens (including phenoxy) is 1. The van der Waals surface area contributed by atoms with Crippen molar-refractivity contribution in [1.82, 2.24) is 10.0 Å². The molecule has 23 heavy (non-hydrogen) atoms. The van der Waals surface area contributed by atoms with E-state index in [0.717, 1.165) is 19.4 Å². The molecule has 1 heterocycles. The molecule has 2 N–H and O–H groups in total. The number of rotatable bonds is 5. The second-order valence-electron chi connectivity index (χ2n) is 5.06. The van der Waals surface area contributed by atoms with Gasteiger partial charge in [-0.1, -0.05) is 15.9 Å². The van der Waals surface area contributed by atoms with Gasteiger partial charge in [0.05, 0.1) is 17.1 Å². The molecule has 0 amide bonds. The molecule has 0 saturated carbocycles. The van der Waals surface area contributed by atoms with Crippen LogP contribution in [-0.4, -0.2) is 40.1 Å². The van der Waals surface area contributed by atoms with Crippen molar-refractivity contribution < 1.29 is 17.9 Å². The fourth-order valence-electron chi connectivity index (χ4n) is 2.29. The Labute approximate surface area is 151 Å². The van der Waals surface area contributed by atoms with Gasteiger partial charge in [0.2, 0.25) is 10.0 Å². The van der Waals surface area contributed by atoms with Crippen molar-refractivity contribution in [2.24, 2.45) is 0 Å². The molecule has 1 aromatic rings. The van der Waals surface area contributed by atoms with E-state index in [2.05, 4.69) is 26.0 Å². The maximum Gasteiger partial charge on any atom is 0.338 e. The van der Waals surface area contributed by atoms with E-state index >= 15 is 0 Å². The van der Waals surface area contributed by atoms with Crippen LogP contribution in [0.2, 0.25) is 0 Å². The summed E-state index contributed by atoms with van der Waals surface area (Å²) in [6, 6.07) is 4.21. The van der Waals surface area contributed by atoms with Crippen LogP contribution in [0.4, 0.5) is 0 Å². The lowest BCUT2D eigenvalue weighted by Crippen LogP contribution is -2.45. The maximum atomic E-state index is 12.5. The second-order valence-corrected chi connectivity index (χ2v) is 7.69. The fourth-order valence-corrected chi connectivity index (χ4v) is 4.28. The number of sulfonamides is 1. The van der Waals surface area contributed by atoms with Gasteiger partial charge >= 0.3 is 5.97 Å². The van der Waals surface area contributed by atoms with E-state index in [1.165, 1.54) is 12.1 Å². The Hall–Kier alpha value is -0.670. The number of hydrogen-bond acceptors (Lipinski definition) is 5. The standard InChI is InChI=1S/C14H19BrN2O4S.ClH/c1-2-21-14(18)10-6-11(15)8-13(7-10)22(19,20)17-12-4-3-5-16-9-12;/h6-8,12,16-17H,2-5,9H2,1H3;1H. The van der Waals surface area contributed by atoms with Gasteiger partial charge < -0.3 is 10.1 Å². The predicted molar refractivity (Wildman–Crippen MR) is 93.6 cm³/mol. The third-order valence-electron chi connectivity index (χ3n) is 3.31. The summed E-state index contributed by atoms with van der Waals surface area (Å²) in [6.07, 6.45) is 1.73. The van der Waals surface area contributed by atoms with E-state index in [0.29, 0.717) is 11.0 Å². The number of piperidine rings is 1. The van der Waals surface area contributed by atoms with Crippen molar-refractivity contribution in [1.29, 1.82) is 0 Å². The van der Waals surface area contributed by atoms with Crippen LogP contribution < -0.4 is 10.0 Å². The van der Waals surface area contributed by atoms with Crippen LogP contribution in [0.25, 0.3) is 0 Å². The Morgan fingerprint density at radius 2 is 2.17 bits per heavy atom. The van der Waals surface area contributed by atoms with Gasteiger partial charge in [-0.15, -0.1) is 12.4 Å². The molecule has 130 valence electrons. The van der Waals surface area contributed by atoms with Crippen molar-refractivity contribution in [3.63, 3.8) is 0 Å². The third kappa shape index (κ3) is 5.72. The summed E-state index contributed by atoms with van der Waals surface area (Å²) in [6.45, 7) is 3.45. The maximum absolute atomic E-state index is 12.5. The second kappa shape index (κ2) is 8.98. The summed E-state index contributed by atoms with van der Waals surface area (Å²) in [5.74, 6) is -0.542. The van der Waals surface area contributed by atoms with E-state index in [-0.39, 0.29) is 35.5 Å². The van der Waals surface area contributed by atoms with Crippen molar-refractivity contribution in [2.75, 3.05) is 19.7 Å². The van der Waals surface area contributed by atoms with E-state index < -0.39 is 16.0 Å². The highest BCUT2D eigenvalue weighted by atomic mass is 79.9. The Kier molecular flexibility index (Phi) is 7.96. The van der Waals surface area contributed by atoms with Crippen molar-refractivity contribution in [3.8, 4) is 0 Å². The molecule has 6 nitrogen and oxygen atoms in total. The lowest BCUT2D eigenvalue weighted by Gasteiger charge is -2.23. The lowest BCUT2D eigenvalue weighted by molar-refractivity contribution is 0.0526. The van der Waals surface area contributed by atoms with Gasteiger partial charge in [0.25, 0.3) is 0 Å². The number of nitrogens with one attached hydrogen (secondary N) is 2. The number of halogens is 2. The summed E-state index contributed by atoms with van der Waals surface area (Å²) in [7, 11) is -3.68. The van der Waals surface area contributed by atoms with Gasteiger partial charge in [-0.05, 0) is 44.5 Å². The van der Waals surface area contributed by atoms with Crippen LogP contribution in [0.15, 0.2) is 27.6 Å². The van der Waals surface area contributed by atoms with Crippen LogP contribution in [-0.2, 0) is 14.8 Å². The van der Waals surface area contributed by atoms with Crippen molar-refractivity contribution >= 4 is 44.3 Å². The third-order valence-corrected chi connectivity index (χ3v) is 5.27. The molecule has 0 radical (unpaired) electrons. The fraction of sp³-hybridized carbons (Fsp3) is 0.500. The molecule has 0 bridgehead atoms. The zero-order valence-electron chi connectivity index (χ0n) is 12.7. The predicted octanol–water partition coefficient (Wildman–Crippen LogP) is 2.08. The van der Waals surface area contributed by atoms with E-state index in [4.69, 9.17) is 4.74 Å². The minimum absolute atomic E-state index is 0. The lowest BCUT2D eigenvalue weighted by atomic mass is 10.1. The highest BCUT2D eigenvalue weighted by molar-refractivity contribution is 9.10. The number of benzene rings is 1. The molecule has 1 aromatic carbocycles. The molecule has 1 atom stereocenters. The highest BCUT2D eigenvalue weighted by Gasteiger charge is 2.23. The van der Waals surface area contributed by atoms with Crippen molar-refractivity contribution in [2.45, 2.75) is 30.7 Å². The van der Waals surface area contributed by atoms with Gasteiger partial charge in [0, 0.05) is 17.1 Å². The van der Waals surface area contributed by atoms with Gasteiger partial charge in [-0.25, -0.2) is 17.9 Å². The van der Waals surface area contributed by atoms with Crippen molar-refractivity contribution in [3.05, 3.63) is 28.2 Å². The summed E-state index contributed by atoms with van der Waals surface area (Å²) >= 11 is 3.24. The Morgan fingerprint density at radius 1 is 1.43 bits per heavy atom. The highest BCUT2D eigenvalue weighted by Crippen LogP contribution is 2.21. The molecule has 0 aliphatic carbocycles. The average Bonchev–Trinajstić information content (AvgIpc) is 2.47. The molecule has 2 rings (SSSR count). The normalized spacial score (nSPS) is 18.1. The number of esters is 1. The van der Waals surface area contributed by atoms with Crippen LogP contribution in [0.1, 0.15) is 30.1 Å². The van der Waals surface area contributed by atoms with Crippen LogP contribution in [0, 0.1) is 0 Å². The van der Waals surface area contributed by atoms with Crippen LogP contribution in [0.5, 0.6) is 0 Å². The molecule has 1 aliphatic heterocycles. The zero-order valence-corrected chi connectivity index (χ0v) is 15.9. The number of carbonyl (C=O) groups excluding carboxylic acids is 1. The van der Waals surface area contributed by atoms with Gasteiger partial charge in [-0.3, -0.25) is 0 Å². The minimum Gasteiger partial charge on any atom is -0.462 e. The topological polar surface area (TPSA) is 84.5 Å².